The molecule has 3 aliphatic rings. The van der Waals surface area contributed by atoms with Crippen molar-refractivity contribution in [2.45, 2.75) is 59.4 Å². The van der Waals surface area contributed by atoms with Crippen LogP contribution < -0.4 is 5.32 Å². The molecule has 0 aromatic heterocycles. The number of morpholine rings is 1. The summed E-state index contributed by atoms with van der Waals surface area (Å²) in [6.45, 7) is 17.9. The Morgan fingerprint density at radius 3 is 1.90 bits per heavy atom. The van der Waals surface area contributed by atoms with Crippen LogP contribution in [0.25, 0.3) is 0 Å². The van der Waals surface area contributed by atoms with Gasteiger partial charge < -0.3 is 19.7 Å². The van der Waals surface area contributed by atoms with Gasteiger partial charge in [0.25, 0.3) is 0 Å². The van der Waals surface area contributed by atoms with Gasteiger partial charge in [0.05, 0.1) is 20.3 Å². The Morgan fingerprint density at radius 2 is 1.53 bits per heavy atom. The normalized spacial score (nSPS) is 21.5. The fourth-order valence-corrected chi connectivity index (χ4v) is 3.31. The summed E-state index contributed by atoms with van der Waals surface area (Å²) in [6.07, 6.45) is 4.88. The van der Waals surface area contributed by atoms with Crippen LogP contribution >= 0.6 is 0 Å². The first-order valence-electron chi connectivity index (χ1n) is 12.0. The van der Waals surface area contributed by atoms with E-state index in [2.05, 4.69) is 26.9 Å². The van der Waals surface area contributed by atoms with E-state index in [1.54, 1.807) is 0 Å². The summed E-state index contributed by atoms with van der Waals surface area (Å²) in [5.41, 5.74) is 0. The highest BCUT2D eigenvalue weighted by Crippen LogP contribution is 2.15. The zero-order valence-corrected chi connectivity index (χ0v) is 21.3. The molecule has 0 aliphatic carbocycles. The number of ether oxygens (including phenoxy) is 2. The second-order valence-corrected chi connectivity index (χ2v) is 7.23. The van der Waals surface area contributed by atoms with Gasteiger partial charge in [0, 0.05) is 26.2 Å². The largest absolute Gasteiger partial charge is 0.468 e. The highest BCUT2D eigenvalue weighted by molar-refractivity contribution is 5.75. The zero-order valence-electron chi connectivity index (χ0n) is 21.3. The molecule has 1 N–H and O–H groups in total. The summed E-state index contributed by atoms with van der Waals surface area (Å²) in [7, 11) is 7.55. The fraction of sp³-hybridized carbons (Fsp3) is 0.957. The Bertz CT molecular complexity index is 360. The molecular formula is C23H52N4O3. The molecule has 0 saturated carbocycles. The number of nitrogens with one attached hydrogen (secondary N) is 1. The molecule has 3 fully saturated rings. The van der Waals surface area contributed by atoms with Crippen LogP contribution in [0.4, 0.5) is 0 Å². The van der Waals surface area contributed by atoms with Gasteiger partial charge in [-0.15, -0.1) is 0 Å². The molecule has 0 spiro atoms. The van der Waals surface area contributed by atoms with E-state index in [9.17, 15) is 4.79 Å². The molecule has 0 unspecified atom stereocenters. The number of likely N-dealkylation sites (N-methyl/N-ethyl adjacent to an activating group) is 2. The predicted molar refractivity (Wildman–Crippen MR) is 128 cm³/mol. The average Bonchev–Trinajstić information content (AvgIpc) is 3.47. The second kappa shape index (κ2) is 22.9. The fourth-order valence-electron chi connectivity index (χ4n) is 3.31. The SMILES string of the molecule is CC.CC.CN1CCCC1.CNCCN1CCOCC1.COC(=O)[C@@H]1CCCN1C. The Balaban J connectivity index is 0. The van der Waals surface area contributed by atoms with Crippen LogP contribution in [-0.4, -0.2) is 114 Å². The van der Waals surface area contributed by atoms with Crippen LogP contribution in [0.15, 0.2) is 0 Å². The Labute approximate surface area is 187 Å². The lowest BCUT2D eigenvalue weighted by Gasteiger charge is -2.26. The topological polar surface area (TPSA) is 57.3 Å². The first-order chi connectivity index (χ1) is 14.6. The summed E-state index contributed by atoms with van der Waals surface area (Å²) in [5, 5.41) is 3.13. The monoisotopic (exact) mass is 432 g/mol. The predicted octanol–water partition coefficient (Wildman–Crippen LogP) is 2.56. The molecule has 3 aliphatic heterocycles. The Morgan fingerprint density at radius 1 is 0.967 bits per heavy atom. The van der Waals surface area contributed by atoms with Crippen LogP contribution in [-0.2, 0) is 14.3 Å². The van der Waals surface area contributed by atoms with Gasteiger partial charge in [-0.25, -0.2) is 0 Å². The smallest absolute Gasteiger partial charge is 0.323 e. The number of nitrogens with zero attached hydrogens (tertiary/aromatic N) is 3. The molecule has 0 amide bonds. The van der Waals surface area contributed by atoms with E-state index in [-0.39, 0.29) is 12.0 Å². The van der Waals surface area contributed by atoms with Gasteiger partial charge in [-0.1, -0.05) is 27.7 Å². The number of esters is 1. The summed E-state index contributed by atoms with van der Waals surface area (Å²) >= 11 is 0. The van der Waals surface area contributed by atoms with Crippen molar-refractivity contribution in [3.05, 3.63) is 0 Å². The van der Waals surface area contributed by atoms with Crippen LogP contribution in [0.2, 0.25) is 0 Å². The summed E-state index contributed by atoms with van der Waals surface area (Å²) in [5.74, 6) is -0.0972. The summed E-state index contributed by atoms with van der Waals surface area (Å²) in [4.78, 5) is 17.8. The van der Waals surface area contributed by atoms with E-state index in [0.717, 1.165) is 58.8 Å². The number of carbonyl (C=O) groups excluding carboxylic acids is 1. The second-order valence-electron chi connectivity index (χ2n) is 7.23. The number of carbonyl (C=O) groups is 1. The van der Waals surface area contributed by atoms with Gasteiger partial charge in [0.1, 0.15) is 6.04 Å². The van der Waals surface area contributed by atoms with Crippen molar-refractivity contribution in [1.82, 2.24) is 20.0 Å². The minimum absolute atomic E-state index is 0.0185. The maximum atomic E-state index is 11.0. The molecule has 3 rings (SSSR count). The molecular weight excluding hydrogens is 380 g/mol. The number of methoxy groups -OCH3 is 1. The zero-order chi connectivity index (χ0) is 23.2. The third kappa shape index (κ3) is 16.0. The lowest BCUT2D eigenvalue weighted by atomic mass is 10.2. The third-order valence-corrected chi connectivity index (χ3v) is 5.11. The van der Waals surface area contributed by atoms with Crippen LogP contribution in [0.1, 0.15) is 53.4 Å². The first-order valence-corrected chi connectivity index (χ1v) is 12.0. The van der Waals surface area contributed by atoms with Crippen LogP contribution in [0.5, 0.6) is 0 Å². The van der Waals surface area contributed by atoms with Crippen molar-refractivity contribution < 1.29 is 14.3 Å². The van der Waals surface area contributed by atoms with Gasteiger partial charge in [0.15, 0.2) is 0 Å². The van der Waals surface area contributed by atoms with E-state index in [1.807, 2.05) is 46.7 Å². The van der Waals surface area contributed by atoms with E-state index in [1.165, 1.54) is 33.0 Å². The van der Waals surface area contributed by atoms with Crippen LogP contribution in [0.3, 0.4) is 0 Å². The summed E-state index contributed by atoms with van der Waals surface area (Å²) < 4.78 is 9.84. The van der Waals surface area contributed by atoms with Crippen molar-refractivity contribution in [2.75, 3.05) is 87.3 Å². The molecule has 0 aromatic carbocycles. The van der Waals surface area contributed by atoms with Crippen molar-refractivity contribution in [3.63, 3.8) is 0 Å². The average molecular weight is 433 g/mol. The molecule has 7 heteroatoms. The molecule has 3 saturated heterocycles. The molecule has 3 heterocycles. The number of rotatable bonds is 4. The van der Waals surface area contributed by atoms with Crippen molar-refractivity contribution in [3.8, 4) is 0 Å². The van der Waals surface area contributed by atoms with Gasteiger partial charge in [0.2, 0.25) is 0 Å². The summed E-state index contributed by atoms with van der Waals surface area (Å²) in [6, 6.07) is 0.0185. The molecule has 0 bridgehead atoms. The van der Waals surface area contributed by atoms with Gasteiger partial charge in [-0.2, -0.15) is 0 Å². The van der Waals surface area contributed by atoms with E-state index < -0.39 is 0 Å². The number of hydrogen-bond acceptors (Lipinski definition) is 7. The molecule has 30 heavy (non-hydrogen) atoms. The highest BCUT2D eigenvalue weighted by Gasteiger charge is 2.28. The molecule has 1 atom stereocenters. The third-order valence-electron chi connectivity index (χ3n) is 5.11. The van der Waals surface area contributed by atoms with Crippen molar-refractivity contribution in [1.29, 1.82) is 0 Å². The standard InChI is InChI=1S/C7H16N2O.C7H13NO2.C5H11N.2C2H6/c1-8-2-3-9-4-6-10-7-5-9;1-8-5-3-4-6(8)7(9)10-2;1-6-4-2-3-5-6;2*1-2/h8H,2-7H2,1H3;6H,3-5H2,1-2H3;2-5H2,1H3;2*1-2H3/t;6-;;;/m.0.../s1. The van der Waals surface area contributed by atoms with Crippen molar-refractivity contribution in [2.24, 2.45) is 0 Å². The van der Waals surface area contributed by atoms with E-state index in [0.29, 0.717) is 0 Å². The Kier molecular flexibility index (Phi) is 24.1. The highest BCUT2D eigenvalue weighted by atomic mass is 16.5. The number of hydrogen-bond donors (Lipinski definition) is 1. The first kappa shape index (κ1) is 31.5. The molecule has 182 valence electrons. The van der Waals surface area contributed by atoms with Crippen LogP contribution in [0, 0.1) is 0 Å². The molecule has 0 radical (unpaired) electrons. The quantitative estimate of drug-likeness (QED) is 0.685. The molecule has 7 nitrogen and oxygen atoms in total. The van der Waals surface area contributed by atoms with E-state index in [4.69, 9.17) is 4.74 Å². The number of likely N-dealkylation sites (tertiary alicyclic amines) is 2. The van der Waals surface area contributed by atoms with Gasteiger partial charge >= 0.3 is 5.97 Å². The maximum absolute atomic E-state index is 11.0. The van der Waals surface area contributed by atoms with Crippen molar-refractivity contribution >= 4 is 5.97 Å². The lowest BCUT2D eigenvalue weighted by molar-refractivity contribution is -0.145. The minimum Gasteiger partial charge on any atom is -0.468 e. The Hall–Kier alpha value is -0.730. The van der Waals surface area contributed by atoms with E-state index >= 15 is 0 Å². The minimum atomic E-state index is -0.0972. The lowest BCUT2D eigenvalue weighted by Crippen LogP contribution is -2.39. The maximum Gasteiger partial charge on any atom is 0.323 e. The molecule has 0 aromatic rings. The van der Waals surface area contributed by atoms with Gasteiger partial charge in [-0.05, 0) is 66.5 Å². The van der Waals surface area contributed by atoms with Gasteiger partial charge in [-0.3, -0.25) is 14.6 Å².